The number of anilines is 3. The Hall–Kier alpha value is -3.40. The van der Waals surface area contributed by atoms with Crippen LogP contribution in [0.3, 0.4) is 0 Å². The highest BCUT2D eigenvalue weighted by molar-refractivity contribution is 6.00. The predicted molar refractivity (Wildman–Crippen MR) is 105 cm³/mol. The van der Waals surface area contributed by atoms with Crippen molar-refractivity contribution in [2.45, 2.75) is 13.8 Å². The third-order valence-corrected chi connectivity index (χ3v) is 4.73. The number of furan rings is 1. The highest BCUT2D eigenvalue weighted by atomic mass is 16.4. The van der Waals surface area contributed by atoms with Gasteiger partial charge in [-0.2, -0.15) is 0 Å². The van der Waals surface area contributed by atoms with Crippen LogP contribution < -0.4 is 4.90 Å². The molecule has 0 unspecified atom stereocenters. The quantitative estimate of drug-likeness (QED) is 0.323. The van der Waals surface area contributed by atoms with Gasteiger partial charge in [-0.3, -0.25) is 4.90 Å². The molecule has 0 N–H and O–H groups in total. The number of benzene rings is 3. The lowest BCUT2D eigenvalue weighted by Gasteiger charge is -2.24. The lowest BCUT2D eigenvalue weighted by molar-refractivity contribution is 0.621. The van der Waals surface area contributed by atoms with Crippen molar-refractivity contribution in [2.24, 2.45) is 10.2 Å². The molecule has 4 nitrogen and oxygen atoms in total. The molecule has 0 aliphatic carbocycles. The summed E-state index contributed by atoms with van der Waals surface area (Å²) >= 11 is 0. The van der Waals surface area contributed by atoms with E-state index in [0.29, 0.717) is 5.88 Å². The van der Waals surface area contributed by atoms with Crippen LogP contribution >= 0.6 is 0 Å². The predicted octanol–water partition coefficient (Wildman–Crippen LogP) is 7.25. The second-order valence-electron chi connectivity index (χ2n) is 6.57. The first-order chi connectivity index (χ1) is 12.7. The number of fused-ring (bicyclic) bond motifs is 4. The van der Waals surface area contributed by atoms with Crippen molar-refractivity contribution >= 4 is 39.6 Å². The maximum absolute atomic E-state index is 6.25. The molecular formula is C22H17N3O. The zero-order valence-corrected chi connectivity index (χ0v) is 14.6. The van der Waals surface area contributed by atoms with Crippen LogP contribution in [0.1, 0.15) is 11.1 Å². The molecule has 3 aromatic carbocycles. The molecule has 4 heteroatoms. The SMILES string of the molecule is Cc1ccc(N2c3ccccc3N=Nc3c2oc2ccccc32)c(C)c1. The standard InChI is InChI=1S/C22H17N3O/c1-14-11-12-18(15(2)13-14)25-19-9-5-4-8-17(19)23-24-21-16-7-3-6-10-20(16)26-22(21)25/h3-13H,1-2H3. The number of nitrogens with zero attached hydrogens (tertiary/aromatic N) is 3. The first kappa shape index (κ1) is 14.9. The number of rotatable bonds is 1. The molecule has 0 bridgehead atoms. The van der Waals surface area contributed by atoms with Gasteiger partial charge >= 0.3 is 0 Å². The lowest BCUT2D eigenvalue weighted by atomic mass is 10.1. The Morgan fingerprint density at radius 1 is 0.808 bits per heavy atom. The second kappa shape index (κ2) is 5.56. The number of para-hydroxylation sites is 2. The van der Waals surface area contributed by atoms with Crippen LogP contribution in [-0.4, -0.2) is 0 Å². The molecule has 0 atom stereocenters. The molecule has 0 fully saturated rings. The maximum Gasteiger partial charge on any atom is 0.233 e. The Labute approximate surface area is 151 Å². The van der Waals surface area contributed by atoms with Gasteiger partial charge in [0.15, 0.2) is 5.69 Å². The fraction of sp³-hybridized carbons (Fsp3) is 0.0909. The van der Waals surface area contributed by atoms with Gasteiger partial charge in [-0.15, -0.1) is 10.2 Å². The number of hydrogen-bond donors (Lipinski definition) is 0. The minimum atomic E-state index is 0.701. The van der Waals surface area contributed by atoms with Crippen LogP contribution in [0, 0.1) is 13.8 Å². The van der Waals surface area contributed by atoms with Gasteiger partial charge in [0, 0.05) is 0 Å². The summed E-state index contributed by atoms with van der Waals surface area (Å²) in [6.45, 7) is 4.22. The van der Waals surface area contributed by atoms with Crippen LogP contribution in [-0.2, 0) is 0 Å². The summed E-state index contributed by atoms with van der Waals surface area (Å²) in [6, 6.07) is 22.4. The van der Waals surface area contributed by atoms with Crippen molar-refractivity contribution in [2.75, 3.05) is 4.90 Å². The normalized spacial score (nSPS) is 12.8. The third-order valence-electron chi connectivity index (χ3n) is 4.73. The van der Waals surface area contributed by atoms with Gasteiger partial charge in [0.25, 0.3) is 0 Å². The molecule has 1 aliphatic rings. The summed E-state index contributed by atoms with van der Waals surface area (Å²) in [7, 11) is 0. The van der Waals surface area contributed by atoms with Gasteiger partial charge in [0.2, 0.25) is 5.88 Å². The average molecular weight is 339 g/mol. The third kappa shape index (κ3) is 2.15. The molecule has 0 saturated heterocycles. The summed E-state index contributed by atoms with van der Waals surface area (Å²) in [5, 5.41) is 9.99. The van der Waals surface area contributed by atoms with Gasteiger partial charge in [-0.1, -0.05) is 42.0 Å². The molecule has 0 saturated carbocycles. The summed E-state index contributed by atoms with van der Waals surface area (Å²) in [4.78, 5) is 2.12. The smallest absolute Gasteiger partial charge is 0.233 e. The Kier molecular flexibility index (Phi) is 3.19. The van der Waals surface area contributed by atoms with Crippen LogP contribution in [0.15, 0.2) is 81.4 Å². The molecule has 5 rings (SSSR count). The minimum absolute atomic E-state index is 0.701. The van der Waals surface area contributed by atoms with Gasteiger partial charge in [-0.25, -0.2) is 0 Å². The first-order valence-corrected chi connectivity index (χ1v) is 8.62. The van der Waals surface area contributed by atoms with Crippen molar-refractivity contribution in [3.05, 3.63) is 77.9 Å². The number of azo groups is 1. The molecule has 0 spiro atoms. The first-order valence-electron chi connectivity index (χ1n) is 8.62. The van der Waals surface area contributed by atoms with E-state index in [4.69, 9.17) is 4.42 Å². The molecule has 126 valence electrons. The molecule has 1 aromatic heterocycles. The van der Waals surface area contributed by atoms with Gasteiger partial charge in [0.1, 0.15) is 11.3 Å². The molecule has 2 heterocycles. The zero-order chi connectivity index (χ0) is 17.7. The highest BCUT2D eigenvalue weighted by Gasteiger charge is 2.27. The highest BCUT2D eigenvalue weighted by Crippen LogP contribution is 2.51. The Morgan fingerprint density at radius 2 is 1.62 bits per heavy atom. The van der Waals surface area contributed by atoms with Crippen molar-refractivity contribution in [3.63, 3.8) is 0 Å². The van der Waals surface area contributed by atoms with E-state index in [1.54, 1.807) is 0 Å². The van der Waals surface area contributed by atoms with E-state index in [-0.39, 0.29) is 0 Å². The summed E-state index contributed by atoms with van der Waals surface area (Å²) in [5.74, 6) is 0.701. The van der Waals surface area contributed by atoms with E-state index in [0.717, 1.165) is 33.7 Å². The zero-order valence-electron chi connectivity index (χ0n) is 14.6. The van der Waals surface area contributed by atoms with Gasteiger partial charge in [0.05, 0.1) is 16.8 Å². The van der Waals surface area contributed by atoms with Crippen molar-refractivity contribution in [3.8, 4) is 0 Å². The molecule has 26 heavy (non-hydrogen) atoms. The second-order valence-corrected chi connectivity index (χ2v) is 6.57. The number of hydrogen-bond acceptors (Lipinski definition) is 4. The largest absolute Gasteiger partial charge is 0.437 e. The molecule has 0 amide bonds. The van der Waals surface area contributed by atoms with E-state index >= 15 is 0 Å². The van der Waals surface area contributed by atoms with E-state index < -0.39 is 0 Å². The van der Waals surface area contributed by atoms with Crippen molar-refractivity contribution < 1.29 is 4.42 Å². The topological polar surface area (TPSA) is 41.1 Å². The van der Waals surface area contributed by atoms with Crippen LogP contribution in [0.25, 0.3) is 11.0 Å². The van der Waals surface area contributed by atoms with Crippen molar-refractivity contribution in [1.82, 2.24) is 0 Å². The van der Waals surface area contributed by atoms with E-state index in [1.807, 2.05) is 42.5 Å². The fourth-order valence-electron chi connectivity index (χ4n) is 3.51. The van der Waals surface area contributed by atoms with E-state index in [2.05, 4.69) is 53.2 Å². The Morgan fingerprint density at radius 3 is 2.50 bits per heavy atom. The molecule has 1 aliphatic heterocycles. The van der Waals surface area contributed by atoms with Crippen LogP contribution in [0.2, 0.25) is 0 Å². The lowest BCUT2D eigenvalue weighted by Crippen LogP contribution is -2.10. The van der Waals surface area contributed by atoms with Crippen LogP contribution in [0.5, 0.6) is 0 Å². The number of aryl methyl sites for hydroxylation is 2. The molecule has 0 radical (unpaired) electrons. The van der Waals surface area contributed by atoms with Gasteiger partial charge < -0.3 is 4.42 Å². The monoisotopic (exact) mass is 339 g/mol. The Balaban J connectivity index is 1.86. The molecule has 4 aromatic rings. The Bertz CT molecular complexity index is 1170. The van der Waals surface area contributed by atoms with E-state index in [9.17, 15) is 0 Å². The van der Waals surface area contributed by atoms with E-state index in [1.165, 1.54) is 11.1 Å². The van der Waals surface area contributed by atoms with Crippen molar-refractivity contribution in [1.29, 1.82) is 0 Å². The van der Waals surface area contributed by atoms with Crippen LogP contribution in [0.4, 0.5) is 28.6 Å². The van der Waals surface area contributed by atoms with Gasteiger partial charge in [-0.05, 0) is 49.7 Å². The average Bonchev–Trinajstić information content (AvgIpc) is 2.93. The summed E-state index contributed by atoms with van der Waals surface area (Å²) < 4.78 is 6.25. The fourth-order valence-corrected chi connectivity index (χ4v) is 3.51. The summed E-state index contributed by atoms with van der Waals surface area (Å²) in [5.41, 5.74) is 6.82. The maximum atomic E-state index is 6.25. The minimum Gasteiger partial charge on any atom is -0.437 e. The summed E-state index contributed by atoms with van der Waals surface area (Å²) in [6.07, 6.45) is 0. The molecular weight excluding hydrogens is 322 g/mol.